The minimum absolute atomic E-state index is 0.918. The van der Waals surface area contributed by atoms with Crippen LogP contribution in [0.4, 0.5) is 0 Å². The van der Waals surface area contributed by atoms with E-state index < -0.39 is 0 Å². The summed E-state index contributed by atoms with van der Waals surface area (Å²) in [7, 11) is 0. The van der Waals surface area contributed by atoms with E-state index in [2.05, 4.69) is 261 Å². The minimum Gasteiger partial charge on any atom is -0.248 e. The van der Waals surface area contributed by atoms with Crippen molar-refractivity contribution >= 4 is 74.6 Å². The number of hydrogen-bond donors (Lipinski definition) is 0. The fraction of sp³-hybridized carbons (Fsp3) is 0. The van der Waals surface area contributed by atoms with E-state index in [-0.39, 0.29) is 0 Å². The van der Waals surface area contributed by atoms with Crippen LogP contribution >= 0.6 is 11.3 Å². The van der Waals surface area contributed by atoms with Crippen molar-refractivity contribution in [2.75, 3.05) is 0 Å². The highest BCUT2D eigenvalue weighted by Gasteiger charge is 2.18. The first-order chi connectivity index (χ1) is 35.1. The normalized spacial score (nSPS) is 11.7. The van der Waals surface area contributed by atoms with Gasteiger partial charge in [0, 0.05) is 31.3 Å². The van der Waals surface area contributed by atoms with Crippen molar-refractivity contribution in [3.8, 4) is 78.1 Å². The number of hydrogen-bond acceptors (Lipinski definition) is 2. The number of aromatic nitrogens is 1. The topological polar surface area (TPSA) is 12.9 Å². The van der Waals surface area contributed by atoms with Crippen LogP contribution in [0.15, 0.2) is 261 Å². The summed E-state index contributed by atoms with van der Waals surface area (Å²) in [5, 5.41) is 12.8. The Hall–Kier alpha value is -8.95. The molecule has 71 heavy (non-hydrogen) atoms. The first kappa shape index (κ1) is 41.1. The van der Waals surface area contributed by atoms with Crippen LogP contribution in [-0.4, -0.2) is 4.98 Å². The van der Waals surface area contributed by atoms with E-state index in [1.54, 1.807) is 0 Å². The maximum atomic E-state index is 5.66. The molecule has 0 saturated carbocycles. The van der Waals surface area contributed by atoms with E-state index in [1.165, 1.54) is 85.5 Å². The second kappa shape index (κ2) is 16.9. The molecular weight excluding hydrogens is 875 g/mol. The lowest BCUT2D eigenvalue weighted by molar-refractivity contribution is 1.32. The van der Waals surface area contributed by atoms with Gasteiger partial charge in [-0.25, -0.2) is 4.98 Å². The molecule has 0 amide bonds. The highest BCUT2D eigenvalue weighted by atomic mass is 32.1. The van der Waals surface area contributed by atoms with Gasteiger partial charge in [0.05, 0.1) is 11.4 Å². The smallest absolute Gasteiger partial charge is 0.0716 e. The number of rotatable bonds is 7. The summed E-state index contributed by atoms with van der Waals surface area (Å²) in [6, 6.07) is 95.7. The van der Waals surface area contributed by atoms with Crippen molar-refractivity contribution < 1.29 is 0 Å². The van der Waals surface area contributed by atoms with Crippen LogP contribution in [0, 0.1) is 0 Å². The van der Waals surface area contributed by atoms with Crippen LogP contribution in [-0.2, 0) is 0 Å². The lowest BCUT2D eigenvalue weighted by Crippen LogP contribution is -1.94. The molecular formula is C69H43NS. The summed E-state index contributed by atoms with van der Waals surface area (Å²) in [6.07, 6.45) is 0. The summed E-state index contributed by atoms with van der Waals surface area (Å²) in [5.41, 5.74) is 15.5. The average molecular weight is 918 g/mol. The Morgan fingerprint density at radius 1 is 0.197 bits per heavy atom. The third-order valence-corrected chi connectivity index (χ3v) is 15.5. The van der Waals surface area contributed by atoms with Crippen LogP contribution in [0.5, 0.6) is 0 Å². The van der Waals surface area contributed by atoms with Gasteiger partial charge in [0.25, 0.3) is 0 Å². The van der Waals surface area contributed by atoms with Crippen molar-refractivity contribution in [2.45, 2.75) is 0 Å². The second-order valence-corrected chi connectivity index (χ2v) is 19.8. The third kappa shape index (κ3) is 7.36. The Labute approximate surface area is 416 Å². The molecule has 14 aromatic rings. The predicted octanol–water partition coefficient (Wildman–Crippen LogP) is 19.7. The summed E-state index contributed by atoms with van der Waals surface area (Å²) >= 11 is 1.90. The molecule has 12 aromatic carbocycles. The first-order valence-corrected chi connectivity index (χ1v) is 25.1. The van der Waals surface area contributed by atoms with Crippen molar-refractivity contribution in [3.05, 3.63) is 261 Å². The number of nitrogens with zero attached hydrogens (tertiary/aromatic N) is 1. The molecule has 330 valence electrons. The van der Waals surface area contributed by atoms with Gasteiger partial charge in [-0.15, -0.1) is 11.3 Å². The first-order valence-electron chi connectivity index (χ1n) is 24.3. The molecule has 0 radical (unpaired) electrons. The molecule has 2 heteroatoms. The molecule has 0 aliphatic rings. The Bertz CT molecular complexity index is 4110. The van der Waals surface area contributed by atoms with E-state index in [1.807, 2.05) is 11.3 Å². The number of benzene rings is 12. The van der Waals surface area contributed by atoms with E-state index in [9.17, 15) is 0 Å². The number of pyridine rings is 1. The zero-order chi connectivity index (χ0) is 46.8. The van der Waals surface area contributed by atoms with Crippen LogP contribution in [0.25, 0.3) is 141 Å². The maximum Gasteiger partial charge on any atom is 0.0716 e. The Morgan fingerprint density at radius 3 is 1.07 bits per heavy atom. The Morgan fingerprint density at radius 2 is 0.563 bits per heavy atom. The van der Waals surface area contributed by atoms with Gasteiger partial charge in [-0.05, 0) is 178 Å². The fourth-order valence-corrected chi connectivity index (χ4v) is 12.0. The minimum atomic E-state index is 0.918. The lowest BCUT2D eigenvalue weighted by Gasteiger charge is -2.16. The summed E-state index contributed by atoms with van der Waals surface area (Å²) in [6.45, 7) is 0. The molecule has 0 bridgehead atoms. The van der Waals surface area contributed by atoms with Crippen LogP contribution in [0.2, 0.25) is 0 Å². The quantitative estimate of drug-likeness (QED) is 0.145. The number of fused-ring (bicyclic) bond motifs is 10. The molecule has 14 rings (SSSR count). The van der Waals surface area contributed by atoms with Gasteiger partial charge < -0.3 is 0 Å². The summed E-state index contributed by atoms with van der Waals surface area (Å²) < 4.78 is 2.64. The molecule has 0 aliphatic carbocycles. The van der Waals surface area contributed by atoms with Crippen LogP contribution < -0.4 is 0 Å². The fourth-order valence-electron chi connectivity index (χ4n) is 10.8. The molecule has 2 aromatic heterocycles. The van der Waals surface area contributed by atoms with Gasteiger partial charge in [0.2, 0.25) is 0 Å². The lowest BCUT2D eigenvalue weighted by atomic mass is 9.90. The standard InChI is InChI=1S/C69H43NS/c1-5-17-44(18-6-1)51-31-52(45-19-7-2-8-20-45)34-56(33-51)66-39-55(40-67(70-66)57-35-53(46-21-9-3-10-22-46)32-54(36-57)47-23-11-4-12-24-47)50-29-30-60-61(37-50)58-27-15-16-28-59(58)63-43-69-65(42-62(60)63)64-38-48-25-13-14-26-49(48)41-68(64)71-69/h1-43H. The van der Waals surface area contributed by atoms with E-state index in [0.29, 0.717) is 0 Å². The SMILES string of the molecule is c1ccc(-c2cc(-c3ccccc3)cc(-c3cc(-c4ccc5c(c4)c4ccccc4c4cc6sc7cc8ccccc8cc7c6cc54)cc(-c4cc(-c5ccccc5)cc(-c5ccccc5)c4)n3)c2)cc1. The third-order valence-electron chi connectivity index (χ3n) is 14.3. The Balaban J connectivity index is 1.02. The van der Waals surface area contributed by atoms with Gasteiger partial charge in [-0.1, -0.05) is 182 Å². The highest BCUT2D eigenvalue weighted by molar-refractivity contribution is 7.26. The van der Waals surface area contributed by atoms with Gasteiger partial charge in [-0.2, -0.15) is 0 Å². The van der Waals surface area contributed by atoms with Crippen molar-refractivity contribution in [3.63, 3.8) is 0 Å². The van der Waals surface area contributed by atoms with Crippen molar-refractivity contribution in [1.82, 2.24) is 4.98 Å². The van der Waals surface area contributed by atoms with Gasteiger partial charge in [0.1, 0.15) is 0 Å². The van der Waals surface area contributed by atoms with E-state index >= 15 is 0 Å². The van der Waals surface area contributed by atoms with Gasteiger partial charge >= 0.3 is 0 Å². The number of thiophene rings is 1. The monoisotopic (exact) mass is 917 g/mol. The predicted molar refractivity (Wildman–Crippen MR) is 305 cm³/mol. The van der Waals surface area contributed by atoms with E-state index in [0.717, 1.165) is 55.9 Å². The van der Waals surface area contributed by atoms with Crippen LogP contribution in [0.1, 0.15) is 0 Å². The molecule has 0 spiro atoms. The van der Waals surface area contributed by atoms with Crippen molar-refractivity contribution in [1.29, 1.82) is 0 Å². The molecule has 0 fully saturated rings. The van der Waals surface area contributed by atoms with E-state index in [4.69, 9.17) is 4.98 Å². The summed E-state index contributed by atoms with van der Waals surface area (Å²) in [5.74, 6) is 0. The largest absolute Gasteiger partial charge is 0.248 e. The van der Waals surface area contributed by atoms with Crippen LogP contribution in [0.3, 0.4) is 0 Å². The molecule has 0 saturated heterocycles. The Kier molecular flexibility index (Phi) is 9.79. The molecule has 0 aliphatic heterocycles. The highest BCUT2D eigenvalue weighted by Crippen LogP contribution is 2.45. The zero-order valence-electron chi connectivity index (χ0n) is 38.7. The second-order valence-electron chi connectivity index (χ2n) is 18.7. The average Bonchev–Trinajstić information content (AvgIpc) is 3.80. The zero-order valence-corrected chi connectivity index (χ0v) is 39.5. The molecule has 0 unspecified atom stereocenters. The summed E-state index contributed by atoms with van der Waals surface area (Å²) in [4.78, 5) is 5.66. The van der Waals surface area contributed by atoms with Crippen molar-refractivity contribution in [2.24, 2.45) is 0 Å². The molecule has 2 heterocycles. The van der Waals surface area contributed by atoms with Gasteiger partial charge in [-0.3, -0.25) is 0 Å². The maximum absolute atomic E-state index is 5.66. The molecule has 0 atom stereocenters. The molecule has 1 nitrogen and oxygen atoms in total. The van der Waals surface area contributed by atoms with Gasteiger partial charge in [0.15, 0.2) is 0 Å². The molecule has 0 N–H and O–H groups in total.